The van der Waals surface area contributed by atoms with Crippen molar-refractivity contribution in [1.82, 2.24) is 10.2 Å². The van der Waals surface area contributed by atoms with Gasteiger partial charge in [-0.2, -0.15) is 0 Å². The van der Waals surface area contributed by atoms with Crippen molar-refractivity contribution in [3.63, 3.8) is 0 Å². The first-order valence-corrected chi connectivity index (χ1v) is 8.59. The number of likely N-dealkylation sites (N-methyl/N-ethyl adjacent to an activating group) is 1. The van der Waals surface area contributed by atoms with Crippen molar-refractivity contribution in [2.75, 3.05) is 13.1 Å². The highest BCUT2D eigenvalue weighted by Gasteiger charge is 2.42. The second-order valence-corrected chi connectivity index (χ2v) is 7.19. The van der Waals surface area contributed by atoms with E-state index >= 15 is 0 Å². The van der Waals surface area contributed by atoms with Gasteiger partial charge in [0.2, 0.25) is 5.91 Å². The van der Waals surface area contributed by atoms with E-state index in [4.69, 9.17) is 11.6 Å². The second-order valence-electron chi connectivity index (χ2n) is 5.39. The fourth-order valence-corrected chi connectivity index (χ4v) is 4.09. The molecule has 2 rings (SSSR count). The molecule has 1 saturated heterocycles. The highest BCUT2D eigenvalue weighted by molar-refractivity contribution is 7.16. The summed E-state index contributed by atoms with van der Waals surface area (Å²) in [5.74, 6) is 0.254. The van der Waals surface area contributed by atoms with Crippen LogP contribution in [0.4, 0.5) is 0 Å². The van der Waals surface area contributed by atoms with Crippen LogP contribution in [0, 0.1) is 0 Å². The molecule has 20 heavy (non-hydrogen) atoms. The minimum atomic E-state index is -0.328. The van der Waals surface area contributed by atoms with Gasteiger partial charge in [-0.3, -0.25) is 4.79 Å². The van der Waals surface area contributed by atoms with E-state index in [1.54, 1.807) is 11.3 Å². The number of halogens is 1. The third-order valence-corrected chi connectivity index (χ3v) is 5.19. The Bertz CT molecular complexity index is 454. The van der Waals surface area contributed by atoms with Crippen LogP contribution >= 0.6 is 22.9 Å². The first-order chi connectivity index (χ1) is 9.61. The molecular formula is C15H23ClN2OS. The third kappa shape index (κ3) is 3.35. The summed E-state index contributed by atoms with van der Waals surface area (Å²) in [6, 6.07) is 3.91. The third-order valence-electron chi connectivity index (χ3n) is 3.97. The predicted octanol–water partition coefficient (Wildman–Crippen LogP) is 3.67. The summed E-state index contributed by atoms with van der Waals surface area (Å²) in [7, 11) is 0. The van der Waals surface area contributed by atoms with Gasteiger partial charge >= 0.3 is 0 Å². The van der Waals surface area contributed by atoms with Crippen LogP contribution in [0.3, 0.4) is 0 Å². The van der Waals surface area contributed by atoms with Gasteiger partial charge in [-0.1, -0.05) is 24.9 Å². The molecule has 2 heterocycles. The van der Waals surface area contributed by atoms with E-state index in [0.29, 0.717) is 6.54 Å². The van der Waals surface area contributed by atoms with Crippen molar-refractivity contribution in [3.8, 4) is 0 Å². The van der Waals surface area contributed by atoms with Crippen LogP contribution in [0.2, 0.25) is 4.34 Å². The van der Waals surface area contributed by atoms with Crippen LogP contribution in [0.1, 0.15) is 44.4 Å². The Labute approximate surface area is 130 Å². The molecule has 1 aromatic heterocycles. The maximum atomic E-state index is 12.9. The highest BCUT2D eigenvalue weighted by atomic mass is 35.5. The first-order valence-electron chi connectivity index (χ1n) is 7.40. The normalized spacial score (nSPS) is 22.1. The molecule has 1 aromatic rings. The molecule has 0 saturated carbocycles. The van der Waals surface area contributed by atoms with E-state index < -0.39 is 0 Å². The van der Waals surface area contributed by atoms with E-state index in [2.05, 4.69) is 12.2 Å². The van der Waals surface area contributed by atoms with E-state index in [9.17, 15) is 4.79 Å². The number of rotatable bonds is 6. The Hall–Kier alpha value is -0.580. The molecule has 1 aliphatic heterocycles. The summed E-state index contributed by atoms with van der Waals surface area (Å²) in [5, 5.41) is 3.46. The van der Waals surface area contributed by atoms with Gasteiger partial charge in [0.1, 0.15) is 0 Å². The molecule has 0 aliphatic carbocycles. The quantitative estimate of drug-likeness (QED) is 0.869. The Kier molecular flexibility index (Phi) is 5.47. The fourth-order valence-electron chi connectivity index (χ4n) is 2.99. The molecule has 1 N–H and O–H groups in total. The minimum absolute atomic E-state index is 0.254. The van der Waals surface area contributed by atoms with Crippen LogP contribution in [0.5, 0.6) is 0 Å². The molecule has 3 nitrogen and oxygen atoms in total. The molecule has 112 valence electrons. The number of carbonyl (C=O) groups excluding carboxylic acids is 1. The summed E-state index contributed by atoms with van der Waals surface area (Å²) < 4.78 is 0.783. The molecule has 0 radical (unpaired) electrons. The smallest absolute Gasteiger partial charge is 0.243 e. The van der Waals surface area contributed by atoms with Crippen LogP contribution in [-0.4, -0.2) is 29.4 Å². The lowest BCUT2D eigenvalue weighted by Gasteiger charge is -2.34. The van der Waals surface area contributed by atoms with Gasteiger partial charge in [0.05, 0.1) is 16.4 Å². The summed E-state index contributed by atoms with van der Waals surface area (Å²) in [6.07, 6.45) is 4.00. The van der Waals surface area contributed by atoms with Crippen LogP contribution in [-0.2, 0) is 11.3 Å². The fraction of sp³-hybridized carbons (Fsp3) is 0.667. The van der Waals surface area contributed by atoms with Crippen molar-refractivity contribution in [3.05, 3.63) is 21.3 Å². The molecule has 5 heteroatoms. The number of amides is 1. The van der Waals surface area contributed by atoms with Crippen LogP contribution in [0.25, 0.3) is 0 Å². The zero-order chi connectivity index (χ0) is 14.6. The number of nitrogens with zero attached hydrogens (tertiary/aromatic N) is 1. The van der Waals surface area contributed by atoms with Crippen molar-refractivity contribution in [2.24, 2.45) is 0 Å². The zero-order valence-corrected chi connectivity index (χ0v) is 13.8. The van der Waals surface area contributed by atoms with Crippen LogP contribution in [0.15, 0.2) is 12.1 Å². The Morgan fingerprint density at radius 2 is 2.30 bits per heavy atom. The lowest BCUT2D eigenvalue weighted by atomic mass is 9.90. The Balaban J connectivity index is 2.11. The molecule has 0 bridgehead atoms. The van der Waals surface area contributed by atoms with Crippen molar-refractivity contribution < 1.29 is 4.79 Å². The Morgan fingerprint density at radius 1 is 1.50 bits per heavy atom. The van der Waals surface area contributed by atoms with Crippen LogP contribution < -0.4 is 5.32 Å². The lowest BCUT2D eigenvalue weighted by Crippen LogP contribution is -2.54. The zero-order valence-electron chi connectivity index (χ0n) is 12.2. The molecule has 0 spiro atoms. The summed E-state index contributed by atoms with van der Waals surface area (Å²) in [4.78, 5) is 16.0. The average Bonchev–Trinajstić information content (AvgIpc) is 3.06. The van der Waals surface area contributed by atoms with Crippen molar-refractivity contribution >= 4 is 28.8 Å². The molecule has 1 aliphatic rings. The molecular weight excluding hydrogens is 292 g/mol. The first kappa shape index (κ1) is 15.8. The highest BCUT2D eigenvalue weighted by Crippen LogP contribution is 2.29. The SMILES string of the molecule is CCCC1(C(=O)N(CC)Cc2ccc(Cl)s2)CCCN1. The Morgan fingerprint density at radius 3 is 2.80 bits per heavy atom. The van der Waals surface area contributed by atoms with E-state index in [-0.39, 0.29) is 11.4 Å². The molecule has 1 atom stereocenters. The standard InChI is InChI=1S/C15H23ClN2OS/c1-3-8-15(9-5-10-17-15)14(19)18(4-2)11-12-6-7-13(16)20-12/h6-7,17H,3-5,8-11H2,1-2H3. The van der Waals surface area contributed by atoms with Gasteiger partial charge in [0.25, 0.3) is 0 Å². The maximum Gasteiger partial charge on any atom is 0.243 e. The average molecular weight is 315 g/mol. The number of carbonyl (C=O) groups is 1. The van der Waals surface area contributed by atoms with E-state index in [0.717, 1.165) is 48.0 Å². The molecule has 1 unspecified atom stereocenters. The second kappa shape index (κ2) is 6.92. The van der Waals surface area contributed by atoms with E-state index in [1.807, 2.05) is 24.0 Å². The van der Waals surface area contributed by atoms with Gasteiger partial charge in [0, 0.05) is 11.4 Å². The molecule has 1 amide bonds. The van der Waals surface area contributed by atoms with Crippen molar-refractivity contribution in [2.45, 2.75) is 51.6 Å². The van der Waals surface area contributed by atoms with Gasteiger partial charge < -0.3 is 10.2 Å². The van der Waals surface area contributed by atoms with E-state index in [1.165, 1.54) is 0 Å². The topological polar surface area (TPSA) is 32.3 Å². The van der Waals surface area contributed by atoms with Gasteiger partial charge in [-0.05, 0) is 44.9 Å². The number of hydrogen-bond acceptors (Lipinski definition) is 3. The summed E-state index contributed by atoms with van der Waals surface area (Å²) >= 11 is 7.53. The van der Waals surface area contributed by atoms with Gasteiger partial charge in [0.15, 0.2) is 0 Å². The number of nitrogens with one attached hydrogen (secondary N) is 1. The monoisotopic (exact) mass is 314 g/mol. The summed E-state index contributed by atoms with van der Waals surface area (Å²) in [5.41, 5.74) is -0.328. The molecule has 1 fully saturated rings. The lowest BCUT2D eigenvalue weighted by molar-refractivity contribution is -0.138. The largest absolute Gasteiger partial charge is 0.336 e. The van der Waals surface area contributed by atoms with Gasteiger partial charge in [-0.15, -0.1) is 11.3 Å². The maximum absolute atomic E-state index is 12.9. The molecule has 0 aromatic carbocycles. The predicted molar refractivity (Wildman–Crippen MR) is 85.3 cm³/mol. The summed E-state index contributed by atoms with van der Waals surface area (Å²) in [6.45, 7) is 6.54. The van der Waals surface area contributed by atoms with Gasteiger partial charge in [-0.25, -0.2) is 0 Å². The number of hydrogen-bond donors (Lipinski definition) is 1. The van der Waals surface area contributed by atoms with Crippen molar-refractivity contribution in [1.29, 1.82) is 0 Å². The number of thiophene rings is 1. The minimum Gasteiger partial charge on any atom is -0.336 e.